The lowest BCUT2D eigenvalue weighted by molar-refractivity contribution is -0.274. The van der Waals surface area contributed by atoms with E-state index in [2.05, 4.69) is 4.74 Å². The van der Waals surface area contributed by atoms with Crippen LogP contribution in [0.3, 0.4) is 0 Å². The molecule has 0 atom stereocenters. The highest BCUT2D eigenvalue weighted by molar-refractivity contribution is 6.34. The smallest absolute Gasteiger partial charge is 0.478 e. The highest BCUT2D eigenvalue weighted by atomic mass is 19.4. The lowest BCUT2D eigenvalue weighted by atomic mass is 10.1. The SMILES string of the molecule is O=C(O)C=C1C(=O)N(Cc2cccc(OC(F)(F)F)c2)c2ccccc21. The van der Waals surface area contributed by atoms with Crippen LogP contribution in [0, 0.1) is 0 Å². The molecule has 0 fully saturated rings. The van der Waals surface area contributed by atoms with Crippen LogP contribution in [0.15, 0.2) is 54.6 Å². The molecule has 0 saturated heterocycles. The quantitative estimate of drug-likeness (QED) is 0.843. The summed E-state index contributed by atoms with van der Waals surface area (Å²) in [5, 5.41) is 8.97. The summed E-state index contributed by atoms with van der Waals surface area (Å²) < 4.78 is 41.0. The van der Waals surface area contributed by atoms with Crippen molar-refractivity contribution in [1.29, 1.82) is 0 Å². The van der Waals surface area contributed by atoms with Gasteiger partial charge in [0.1, 0.15) is 5.75 Å². The normalized spacial score (nSPS) is 15.3. The van der Waals surface area contributed by atoms with E-state index in [1.807, 2.05) is 0 Å². The number of carbonyl (C=O) groups is 2. The highest BCUT2D eigenvalue weighted by Gasteiger charge is 2.33. The number of anilines is 1. The molecular weight excluding hydrogens is 351 g/mol. The van der Waals surface area contributed by atoms with Gasteiger partial charge in [-0.2, -0.15) is 0 Å². The number of hydrogen-bond acceptors (Lipinski definition) is 3. The van der Waals surface area contributed by atoms with E-state index in [1.165, 1.54) is 17.0 Å². The Hall–Kier alpha value is -3.29. The predicted molar refractivity (Wildman–Crippen MR) is 86.4 cm³/mol. The zero-order valence-corrected chi connectivity index (χ0v) is 13.2. The lowest BCUT2D eigenvalue weighted by Gasteiger charge is -2.18. The van der Waals surface area contributed by atoms with Gasteiger partial charge in [-0.25, -0.2) is 4.79 Å². The van der Waals surface area contributed by atoms with Crippen molar-refractivity contribution in [2.75, 3.05) is 4.90 Å². The zero-order valence-electron chi connectivity index (χ0n) is 13.2. The Labute approximate surface area is 145 Å². The molecule has 8 heteroatoms. The van der Waals surface area contributed by atoms with Gasteiger partial charge in [-0.15, -0.1) is 13.2 Å². The van der Waals surface area contributed by atoms with E-state index in [9.17, 15) is 22.8 Å². The molecule has 2 aromatic carbocycles. The first-order chi connectivity index (χ1) is 12.2. The second kappa shape index (κ2) is 6.55. The number of benzene rings is 2. The maximum absolute atomic E-state index is 12.6. The molecule has 0 radical (unpaired) electrons. The van der Waals surface area contributed by atoms with Crippen molar-refractivity contribution in [1.82, 2.24) is 0 Å². The number of fused-ring (bicyclic) bond motifs is 1. The monoisotopic (exact) mass is 363 g/mol. The molecule has 1 aliphatic rings. The van der Waals surface area contributed by atoms with Gasteiger partial charge in [0, 0.05) is 11.6 Å². The van der Waals surface area contributed by atoms with Crippen LogP contribution < -0.4 is 9.64 Å². The third kappa shape index (κ3) is 3.69. The number of alkyl halides is 3. The van der Waals surface area contributed by atoms with Crippen molar-refractivity contribution < 1.29 is 32.6 Å². The Morgan fingerprint density at radius 2 is 1.88 bits per heavy atom. The van der Waals surface area contributed by atoms with Gasteiger partial charge in [0.15, 0.2) is 0 Å². The van der Waals surface area contributed by atoms with E-state index in [1.54, 1.807) is 30.3 Å². The minimum atomic E-state index is -4.81. The molecule has 0 spiro atoms. The Morgan fingerprint density at radius 1 is 1.15 bits per heavy atom. The van der Waals surface area contributed by atoms with Crippen LogP contribution in [0.25, 0.3) is 5.57 Å². The summed E-state index contributed by atoms with van der Waals surface area (Å²) in [6, 6.07) is 11.9. The molecule has 1 heterocycles. The van der Waals surface area contributed by atoms with E-state index in [0.29, 0.717) is 16.8 Å². The largest absolute Gasteiger partial charge is 0.573 e. The van der Waals surface area contributed by atoms with Crippen molar-refractivity contribution >= 4 is 23.1 Å². The third-order valence-electron chi connectivity index (χ3n) is 3.70. The molecule has 1 amide bonds. The predicted octanol–water partition coefficient (Wildman–Crippen LogP) is 3.60. The average Bonchev–Trinajstić information content (AvgIpc) is 2.79. The molecule has 1 aliphatic heterocycles. The van der Waals surface area contributed by atoms with E-state index in [-0.39, 0.29) is 12.1 Å². The summed E-state index contributed by atoms with van der Waals surface area (Å²) in [6.07, 6.45) is -3.99. The van der Waals surface area contributed by atoms with Gasteiger partial charge in [-0.05, 0) is 23.8 Å². The Balaban J connectivity index is 1.92. The summed E-state index contributed by atoms with van der Waals surface area (Å²) in [4.78, 5) is 24.9. The molecule has 3 rings (SSSR count). The lowest BCUT2D eigenvalue weighted by Crippen LogP contribution is -2.26. The van der Waals surface area contributed by atoms with E-state index in [4.69, 9.17) is 5.11 Å². The number of rotatable bonds is 4. The van der Waals surface area contributed by atoms with Gasteiger partial charge in [0.2, 0.25) is 0 Å². The van der Waals surface area contributed by atoms with Gasteiger partial charge < -0.3 is 14.7 Å². The second-order valence-corrected chi connectivity index (χ2v) is 5.50. The summed E-state index contributed by atoms with van der Waals surface area (Å²) in [6.45, 7) is -0.0259. The van der Waals surface area contributed by atoms with Crippen LogP contribution in [-0.2, 0) is 16.1 Å². The topological polar surface area (TPSA) is 66.8 Å². The standard InChI is InChI=1S/C18H12F3NO4/c19-18(20,21)26-12-5-3-4-11(8-12)10-22-15-7-2-1-6-13(15)14(17(22)25)9-16(23)24/h1-9H,10H2,(H,23,24). The number of carbonyl (C=O) groups excluding carboxylic acids is 1. The maximum atomic E-state index is 12.6. The first kappa shape index (κ1) is 17.5. The van der Waals surface area contributed by atoms with E-state index >= 15 is 0 Å². The minimum absolute atomic E-state index is 0.0239. The number of halogens is 3. The van der Waals surface area contributed by atoms with Crippen molar-refractivity contribution in [2.45, 2.75) is 12.9 Å². The maximum Gasteiger partial charge on any atom is 0.573 e. The molecule has 26 heavy (non-hydrogen) atoms. The van der Waals surface area contributed by atoms with Crippen LogP contribution in [0.2, 0.25) is 0 Å². The van der Waals surface area contributed by atoms with Crippen molar-refractivity contribution in [2.24, 2.45) is 0 Å². The summed E-state index contributed by atoms with van der Waals surface area (Å²) >= 11 is 0. The molecule has 0 saturated carbocycles. The number of carboxylic acids is 1. The third-order valence-corrected chi connectivity index (χ3v) is 3.70. The van der Waals surface area contributed by atoms with Gasteiger partial charge in [-0.3, -0.25) is 4.79 Å². The first-order valence-electron chi connectivity index (χ1n) is 7.45. The summed E-state index contributed by atoms with van der Waals surface area (Å²) in [5.74, 6) is -2.18. The second-order valence-electron chi connectivity index (χ2n) is 5.50. The molecular formula is C18H12F3NO4. The van der Waals surface area contributed by atoms with Gasteiger partial charge in [0.25, 0.3) is 5.91 Å². The first-order valence-corrected chi connectivity index (χ1v) is 7.45. The number of hydrogen-bond donors (Lipinski definition) is 1. The number of nitrogens with zero attached hydrogens (tertiary/aromatic N) is 1. The minimum Gasteiger partial charge on any atom is -0.478 e. The number of amides is 1. The average molecular weight is 363 g/mol. The number of carboxylic acid groups (broad SMARTS) is 1. The van der Waals surface area contributed by atoms with Crippen LogP contribution in [0.1, 0.15) is 11.1 Å². The Morgan fingerprint density at radius 3 is 2.58 bits per heavy atom. The Bertz CT molecular complexity index is 905. The zero-order chi connectivity index (χ0) is 18.9. The molecule has 0 bridgehead atoms. The van der Waals surface area contributed by atoms with Gasteiger partial charge >= 0.3 is 12.3 Å². The fourth-order valence-corrected chi connectivity index (χ4v) is 2.75. The molecule has 1 N–H and O–H groups in total. The number of aliphatic carboxylic acids is 1. The Kier molecular flexibility index (Phi) is 4.41. The van der Waals surface area contributed by atoms with Crippen LogP contribution in [0.5, 0.6) is 5.75 Å². The van der Waals surface area contributed by atoms with Crippen molar-refractivity contribution in [3.8, 4) is 5.75 Å². The van der Waals surface area contributed by atoms with Crippen molar-refractivity contribution in [3.05, 3.63) is 65.7 Å². The molecule has 0 aliphatic carbocycles. The molecule has 5 nitrogen and oxygen atoms in total. The summed E-state index contributed by atoms with van der Waals surface area (Å²) in [5.41, 5.74) is 1.39. The fraction of sp³-hybridized carbons (Fsp3) is 0.111. The highest BCUT2D eigenvalue weighted by Crippen LogP contribution is 2.37. The molecule has 0 unspecified atom stereocenters. The molecule has 2 aromatic rings. The van der Waals surface area contributed by atoms with E-state index in [0.717, 1.165) is 12.1 Å². The summed E-state index contributed by atoms with van der Waals surface area (Å²) in [7, 11) is 0. The molecule has 134 valence electrons. The van der Waals surface area contributed by atoms with E-state index < -0.39 is 24.0 Å². The molecule has 0 aromatic heterocycles. The van der Waals surface area contributed by atoms with Crippen LogP contribution in [0.4, 0.5) is 18.9 Å². The van der Waals surface area contributed by atoms with Gasteiger partial charge in [-0.1, -0.05) is 30.3 Å². The van der Waals surface area contributed by atoms with Crippen LogP contribution in [-0.4, -0.2) is 23.3 Å². The van der Waals surface area contributed by atoms with Crippen LogP contribution >= 0.6 is 0 Å². The number of ether oxygens (including phenoxy) is 1. The van der Waals surface area contributed by atoms with Gasteiger partial charge in [0.05, 0.1) is 17.8 Å². The van der Waals surface area contributed by atoms with Crippen molar-refractivity contribution in [3.63, 3.8) is 0 Å². The number of para-hydroxylation sites is 1. The fourth-order valence-electron chi connectivity index (χ4n) is 2.75.